The highest BCUT2D eigenvalue weighted by atomic mass is 19.1. The Balaban J connectivity index is 2.97. The lowest BCUT2D eigenvalue weighted by Gasteiger charge is -2.23. The summed E-state index contributed by atoms with van der Waals surface area (Å²) in [4.78, 5) is 13.0. The van der Waals surface area contributed by atoms with E-state index in [0.29, 0.717) is 12.8 Å². The summed E-state index contributed by atoms with van der Waals surface area (Å²) >= 11 is 0. The Morgan fingerprint density at radius 1 is 1.53 bits per heavy atom. The molecule has 0 heterocycles. The van der Waals surface area contributed by atoms with Crippen molar-refractivity contribution in [3.63, 3.8) is 0 Å². The first-order valence-corrected chi connectivity index (χ1v) is 5.51. The number of amides is 1. The lowest BCUT2D eigenvalue weighted by Crippen LogP contribution is -2.30. The molecule has 4 heteroatoms. The highest BCUT2D eigenvalue weighted by molar-refractivity contribution is 5.76. The van der Waals surface area contributed by atoms with E-state index in [2.05, 4.69) is 0 Å². The highest BCUT2D eigenvalue weighted by Gasteiger charge is 2.22. The van der Waals surface area contributed by atoms with Crippen LogP contribution in [0.5, 0.6) is 0 Å². The molecule has 0 aromatic heterocycles. The fraction of sp³-hybridized carbons (Fsp3) is 0.385. The van der Waals surface area contributed by atoms with Crippen molar-refractivity contribution in [3.05, 3.63) is 35.6 Å². The molecule has 1 atom stereocenters. The average Bonchev–Trinajstić information content (AvgIpc) is 2.32. The number of nitriles is 1. The van der Waals surface area contributed by atoms with E-state index < -0.39 is 11.9 Å². The fourth-order valence-electron chi connectivity index (χ4n) is 1.60. The molecule has 0 saturated carbocycles. The van der Waals surface area contributed by atoms with Crippen molar-refractivity contribution in [2.45, 2.75) is 25.8 Å². The zero-order valence-corrected chi connectivity index (χ0v) is 9.98. The van der Waals surface area contributed by atoms with E-state index in [-0.39, 0.29) is 11.5 Å². The van der Waals surface area contributed by atoms with Gasteiger partial charge in [0.2, 0.25) is 5.91 Å². The van der Waals surface area contributed by atoms with Crippen LogP contribution in [0.4, 0.5) is 4.39 Å². The quantitative estimate of drug-likeness (QED) is 0.803. The Morgan fingerprint density at radius 3 is 2.71 bits per heavy atom. The van der Waals surface area contributed by atoms with E-state index in [9.17, 15) is 9.18 Å². The predicted molar refractivity (Wildman–Crippen MR) is 62.4 cm³/mol. The summed E-state index contributed by atoms with van der Waals surface area (Å²) < 4.78 is 13.5. The first-order chi connectivity index (χ1) is 8.11. The van der Waals surface area contributed by atoms with Crippen molar-refractivity contribution in [2.24, 2.45) is 0 Å². The maximum atomic E-state index is 13.5. The standard InChI is InChI=1S/C13H15FN2O/c1-3-6-13(17)16(2)12(9-15)10-7-4-5-8-11(10)14/h4-5,7-8,12H,3,6H2,1-2H3. The molecule has 90 valence electrons. The maximum Gasteiger partial charge on any atom is 0.223 e. The molecule has 0 radical (unpaired) electrons. The molecular formula is C13H15FN2O. The van der Waals surface area contributed by atoms with Crippen molar-refractivity contribution in [1.82, 2.24) is 4.90 Å². The number of rotatable bonds is 4. The first kappa shape index (κ1) is 13.2. The van der Waals surface area contributed by atoms with Gasteiger partial charge in [-0.3, -0.25) is 4.79 Å². The van der Waals surface area contributed by atoms with Gasteiger partial charge in [0.25, 0.3) is 0 Å². The van der Waals surface area contributed by atoms with Crippen LogP contribution in [0.2, 0.25) is 0 Å². The Hall–Kier alpha value is -1.89. The Kier molecular flexibility index (Phi) is 4.65. The van der Waals surface area contributed by atoms with Gasteiger partial charge >= 0.3 is 0 Å². The molecule has 17 heavy (non-hydrogen) atoms. The molecule has 0 aliphatic heterocycles. The molecule has 0 aliphatic rings. The Labute approximate surface area is 100 Å². The molecule has 3 nitrogen and oxygen atoms in total. The van der Waals surface area contributed by atoms with E-state index in [1.807, 2.05) is 13.0 Å². The normalized spacial score (nSPS) is 11.6. The molecule has 0 fully saturated rings. The third-order valence-electron chi connectivity index (χ3n) is 2.57. The highest BCUT2D eigenvalue weighted by Crippen LogP contribution is 2.22. The van der Waals surface area contributed by atoms with Crippen molar-refractivity contribution < 1.29 is 9.18 Å². The van der Waals surface area contributed by atoms with Gasteiger partial charge in [-0.05, 0) is 12.5 Å². The summed E-state index contributed by atoms with van der Waals surface area (Å²) in [5, 5.41) is 9.08. The van der Waals surface area contributed by atoms with Crippen LogP contribution < -0.4 is 0 Å². The lowest BCUT2D eigenvalue weighted by atomic mass is 10.1. The summed E-state index contributed by atoms with van der Waals surface area (Å²) in [7, 11) is 1.53. The SMILES string of the molecule is CCCC(=O)N(C)C(C#N)c1ccccc1F. The van der Waals surface area contributed by atoms with Crippen LogP contribution in [0.1, 0.15) is 31.4 Å². The van der Waals surface area contributed by atoms with Crippen LogP contribution in [0, 0.1) is 17.1 Å². The lowest BCUT2D eigenvalue weighted by molar-refractivity contribution is -0.131. The number of hydrogen-bond acceptors (Lipinski definition) is 2. The predicted octanol–water partition coefficient (Wildman–Crippen LogP) is 2.65. The average molecular weight is 234 g/mol. The van der Waals surface area contributed by atoms with Crippen LogP contribution in [-0.4, -0.2) is 17.9 Å². The number of carbonyl (C=O) groups is 1. The minimum atomic E-state index is -0.866. The molecule has 1 rings (SSSR count). The van der Waals surface area contributed by atoms with E-state index in [4.69, 9.17) is 5.26 Å². The molecule has 1 unspecified atom stereocenters. The number of benzene rings is 1. The summed E-state index contributed by atoms with van der Waals surface area (Å²) in [6.07, 6.45) is 1.07. The van der Waals surface area contributed by atoms with Crippen LogP contribution in [-0.2, 0) is 4.79 Å². The van der Waals surface area contributed by atoms with E-state index in [1.54, 1.807) is 12.1 Å². The second-order valence-corrected chi connectivity index (χ2v) is 3.81. The molecular weight excluding hydrogens is 219 g/mol. The van der Waals surface area contributed by atoms with Crippen LogP contribution in [0.25, 0.3) is 0 Å². The Morgan fingerprint density at radius 2 is 2.18 bits per heavy atom. The summed E-state index contributed by atoms with van der Waals surface area (Å²) in [6, 6.07) is 7.12. The number of carbonyl (C=O) groups excluding carboxylic acids is 1. The zero-order valence-electron chi connectivity index (χ0n) is 9.98. The van der Waals surface area contributed by atoms with Gasteiger partial charge in [-0.25, -0.2) is 4.39 Å². The van der Waals surface area contributed by atoms with E-state index in [0.717, 1.165) is 0 Å². The Bertz CT molecular complexity index is 439. The van der Waals surface area contributed by atoms with Crippen LogP contribution in [0.15, 0.2) is 24.3 Å². The minimum Gasteiger partial charge on any atom is -0.326 e. The zero-order chi connectivity index (χ0) is 12.8. The second kappa shape index (κ2) is 6.00. The van der Waals surface area contributed by atoms with Gasteiger partial charge in [0.15, 0.2) is 0 Å². The monoisotopic (exact) mass is 234 g/mol. The third-order valence-corrected chi connectivity index (χ3v) is 2.57. The summed E-state index contributed by atoms with van der Waals surface area (Å²) in [6.45, 7) is 1.89. The first-order valence-electron chi connectivity index (χ1n) is 5.51. The molecule has 0 spiro atoms. The molecule has 0 saturated heterocycles. The summed E-state index contributed by atoms with van der Waals surface area (Å²) in [5.41, 5.74) is 0.238. The smallest absolute Gasteiger partial charge is 0.223 e. The fourth-order valence-corrected chi connectivity index (χ4v) is 1.60. The van der Waals surface area contributed by atoms with Crippen molar-refractivity contribution >= 4 is 5.91 Å². The molecule has 0 bridgehead atoms. The van der Waals surface area contributed by atoms with Gasteiger partial charge in [0.05, 0.1) is 6.07 Å². The number of hydrogen-bond donors (Lipinski definition) is 0. The van der Waals surface area contributed by atoms with Gasteiger partial charge in [-0.1, -0.05) is 25.1 Å². The molecule has 0 aliphatic carbocycles. The van der Waals surface area contributed by atoms with Gasteiger partial charge < -0.3 is 4.90 Å². The van der Waals surface area contributed by atoms with Crippen LogP contribution in [0.3, 0.4) is 0 Å². The van der Waals surface area contributed by atoms with Crippen molar-refractivity contribution in [2.75, 3.05) is 7.05 Å². The molecule has 0 N–H and O–H groups in total. The van der Waals surface area contributed by atoms with Gasteiger partial charge in [-0.2, -0.15) is 5.26 Å². The van der Waals surface area contributed by atoms with Gasteiger partial charge in [0, 0.05) is 19.0 Å². The minimum absolute atomic E-state index is 0.151. The third kappa shape index (κ3) is 3.04. The van der Waals surface area contributed by atoms with Crippen LogP contribution >= 0.6 is 0 Å². The van der Waals surface area contributed by atoms with Gasteiger partial charge in [0.1, 0.15) is 11.9 Å². The summed E-state index contributed by atoms with van der Waals surface area (Å²) in [5.74, 6) is -0.613. The van der Waals surface area contributed by atoms with E-state index in [1.165, 1.54) is 24.1 Å². The van der Waals surface area contributed by atoms with Gasteiger partial charge in [-0.15, -0.1) is 0 Å². The number of nitrogens with zero attached hydrogens (tertiary/aromatic N) is 2. The molecule has 1 aromatic carbocycles. The van der Waals surface area contributed by atoms with E-state index >= 15 is 0 Å². The largest absolute Gasteiger partial charge is 0.326 e. The molecule has 1 amide bonds. The maximum absolute atomic E-state index is 13.5. The molecule has 1 aromatic rings. The second-order valence-electron chi connectivity index (χ2n) is 3.81. The topological polar surface area (TPSA) is 44.1 Å². The van der Waals surface area contributed by atoms with Crippen molar-refractivity contribution in [1.29, 1.82) is 5.26 Å². The number of halogens is 1. The van der Waals surface area contributed by atoms with Crippen molar-refractivity contribution in [3.8, 4) is 6.07 Å².